The van der Waals surface area contributed by atoms with Crippen molar-refractivity contribution >= 4 is 5.97 Å². The zero-order valence-corrected chi connectivity index (χ0v) is 8.95. The average Bonchev–Trinajstić information content (AvgIpc) is 2.15. The third-order valence-corrected chi connectivity index (χ3v) is 1.93. The number of hydrogen-bond donors (Lipinski definition) is 2. The SMILES string of the molecule is CCC(COC)NC(COC)C(=O)O. The summed E-state index contributed by atoms with van der Waals surface area (Å²) in [5.41, 5.74) is 0. The summed E-state index contributed by atoms with van der Waals surface area (Å²) in [5.74, 6) is -0.901. The van der Waals surface area contributed by atoms with Gasteiger partial charge in [-0.3, -0.25) is 10.1 Å². The van der Waals surface area contributed by atoms with Crippen molar-refractivity contribution in [2.45, 2.75) is 25.4 Å². The Morgan fingerprint density at radius 1 is 1.36 bits per heavy atom. The van der Waals surface area contributed by atoms with Crippen molar-refractivity contribution in [3.05, 3.63) is 0 Å². The maximum atomic E-state index is 10.8. The van der Waals surface area contributed by atoms with Crippen molar-refractivity contribution in [1.82, 2.24) is 5.32 Å². The van der Waals surface area contributed by atoms with Crippen molar-refractivity contribution in [2.24, 2.45) is 0 Å². The lowest BCUT2D eigenvalue weighted by Crippen LogP contribution is -2.47. The Morgan fingerprint density at radius 2 is 1.93 bits per heavy atom. The molecule has 0 aliphatic carbocycles. The van der Waals surface area contributed by atoms with E-state index < -0.39 is 12.0 Å². The second-order valence-corrected chi connectivity index (χ2v) is 3.07. The van der Waals surface area contributed by atoms with Gasteiger partial charge < -0.3 is 14.6 Å². The maximum absolute atomic E-state index is 10.8. The molecule has 0 rings (SSSR count). The van der Waals surface area contributed by atoms with Crippen LogP contribution in [0, 0.1) is 0 Å². The summed E-state index contributed by atoms with van der Waals surface area (Å²) in [7, 11) is 3.07. The smallest absolute Gasteiger partial charge is 0.323 e. The fourth-order valence-electron chi connectivity index (χ4n) is 1.13. The molecule has 2 N–H and O–H groups in total. The summed E-state index contributed by atoms with van der Waals surface area (Å²) in [6.07, 6.45) is 0.821. The third kappa shape index (κ3) is 5.16. The zero-order valence-electron chi connectivity index (χ0n) is 8.95. The van der Waals surface area contributed by atoms with Gasteiger partial charge in [0.25, 0.3) is 0 Å². The molecule has 2 atom stereocenters. The first-order valence-electron chi connectivity index (χ1n) is 4.62. The van der Waals surface area contributed by atoms with E-state index in [2.05, 4.69) is 5.32 Å². The molecule has 0 fully saturated rings. The molecule has 0 bridgehead atoms. The van der Waals surface area contributed by atoms with Crippen LogP contribution in [-0.4, -0.2) is 50.6 Å². The fraction of sp³-hybridized carbons (Fsp3) is 0.889. The van der Waals surface area contributed by atoms with Crippen LogP contribution in [-0.2, 0) is 14.3 Å². The lowest BCUT2D eigenvalue weighted by Gasteiger charge is -2.20. The van der Waals surface area contributed by atoms with Crippen molar-refractivity contribution in [1.29, 1.82) is 0 Å². The predicted molar refractivity (Wildman–Crippen MR) is 52.4 cm³/mol. The van der Waals surface area contributed by atoms with Gasteiger partial charge in [0, 0.05) is 20.3 Å². The number of carbonyl (C=O) groups is 1. The van der Waals surface area contributed by atoms with Crippen molar-refractivity contribution in [3.63, 3.8) is 0 Å². The van der Waals surface area contributed by atoms with Gasteiger partial charge in [-0.2, -0.15) is 0 Å². The van der Waals surface area contributed by atoms with E-state index in [0.717, 1.165) is 6.42 Å². The Balaban J connectivity index is 4.03. The van der Waals surface area contributed by atoms with Crippen molar-refractivity contribution in [3.8, 4) is 0 Å². The van der Waals surface area contributed by atoms with Crippen LogP contribution in [0.4, 0.5) is 0 Å². The molecule has 2 unspecified atom stereocenters. The number of nitrogens with one attached hydrogen (secondary N) is 1. The molecule has 0 aromatic rings. The van der Waals surface area contributed by atoms with E-state index in [1.165, 1.54) is 7.11 Å². The van der Waals surface area contributed by atoms with Crippen LogP contribution < -0.4 is 5.32 Å². The van der Waals surface area contributed by atoms with Gasteiger partial charge in [-0.1, -0.05) is 6.92 Å². The molecule has 5 nitrogen and oxygen atoms in total. The molecular formula is C9H19NO4. The molecule has 14 heavy (non-hydrogen) atoms. The first-order chi connectivity index (χ1) is 6.65. The van der Waals surface area contributed by atoms with Gasteiger partial charge in [-0.15, -0.1) is 0 Å². The molecule has 0 heterocycles. The highest BCUT2D eigenvalue weighted by atomic mass is 16.5. The molecule has 0 radical (unpaired) electrons. The van der Waals surface area contributed by atoms with Gasteiger partial charge in [0.2, 0.25) is 0 Å². The molecular weight excluding hydrogens is 186 g/mol. The second-order valence-electron chi connectivity index (χ2n) is 3.07. The summed E-state index contributed by atoms with van der Waals surface area (Å²) in [6.45, 7) is 2.64. The predicted octanol–water partition coefficient (Wildman–Crippen LogP) is 0.101. The van der Waals surface area contributed by atoms with Crippen molar-refractivity contribution in [2.75, 3.05) is 27.4 Å². The van der Waals surface area contributed by atoms with E-state index in [1.54, 1.807) is 7.11 Å². The lowest BCUT2D eigenvalue weighted by atomic mass is 10.2. The van der Waals surface area contributed by atoms with Gasteiger partial charge in [0.1, 0.15) is 6.04 Å². The van der Waals surface area contributed by atoms with Crippen LogP contribution in [0.1, 0.15) is 13.3 Å². The van der Waals surface area contributed by atoms with Crippen LogP contribution in [0.3, 0.4) is 0 Å². The van der Waals surface area contributed by atoms with Crippen LogP contribution in [0.2, 0.25) is 0 Å². The Hall–Kier alpha value is -0.650. The molecule has 0 aliphatic rings. The Bertz CT molecular complexity index is 163. The van der Waals surface area contributed by atoms with E-state index in [9.17, 15) is 4.79 Å². The van der Waals surface area contributed by atoms with Gasteiger partial charge in [0.05, 0.1) is 13.2 Å². The molecule has 0 spiro atoms. The van der Waals surface area contributed by atoms with Gasteiger partial charge in [0.15, 0.2) is 0 Å². The number of methoxy groups -OCH3 is 2. The van der Waals surface area contributed by atoms with E-state index in [-0.39, 0.29) is 12.6 Å². The number of hydrogen-bond acceptors (Lipinski definition) is 4. The zero-order chi connectivity index (χ0) is 11.0. The van der Waals surface area contributed by atoms with E-state index in [1.807, 2.05) is 6.92 Å². The van der Waals surface area contributed by atoms with Crippen LogP contribution >= 0.6 is 0 Å². The quantitative estimate of drug-likeness (QED) is 0.588. The molecule has 0 aromatic carbocycles. The molecule has 5 heteroatoms. The summed E-state index contributed by atoms with van der Waals surface area (Å²) in [6, 6.07) is -0.614. The Morgan fingerprint density at radius 3 is 2.29 bits per heavy atom. The van der Waals surface area contributed by atoms with E-state index in [4.69, 9.17) is 14.6 Å². The summed E-state index contributed by atoms with van der Waals surface area (Å²) >= 11 is 0. The highest BCUT2D eigenvalue weighted by Gasteiger charge is 2.20. The third-order valence-electron chi connectivity index (χ3n) is 1.93. The maximum Gasteiger partial charge on any atom is 0.323 e. The minimum Gasteiger partial charge on any atom is -0.480 e. The molecule has 0 aliphatic heterocycles. The van der Waals surface area contributed by atoms with E-state index >= 15 is 0 Å². The summed E-state index contributed by atoms with van der Waals surface area (Å²) < 4.78 is 9.76. The number of ether oxygens (including phenoxy) is 2. The molecule has 0 saturated carbocycles. The van der Waals surface area contributed by atoms with Crippen molar-refractivity contribution < 1.29 is 19.4 Å². The molecule has 84 valence electrons. The first kappa shape index (κ1) is 13.4. The average molecular weight is 205 g/mol. The minimum absolute atomic E-state index is 0.0521. The Kier molecular flexibility index (Phi) is 7.37. The lowest BCUT2D eigenvalue weighted by molar-refractivity contribution is -0.141. The standard InChI is InChI=1S/C9H19NO4/c1-4-7(5-13-2)10-8(6-14-3)9(11)12/h7-8,10H,4-6H2,1-3H3,(H,11,12). The Labute approximate surface area is 84.4 Å². The number of rotatable bonds is 8. The second kappa shape index (κ2) is 7.73. The topological polar surface area (TPSA) is 67.8 Å². The number of aliphatic carboxylic acids is 1. The van der Waals surface area contributed by atoms with Crippen LogP contribution in [0.25, 0.3) is 0 Å². The molecule has 0 amide bonds. The minimum atomic E-state index is -0.901. The largest absolute Gasteiger partial charge is 0.480 e. The van der Waals surface area contributed by atoms with Gasteiger partial charge >= 0.3 is 5.97 Å². The van der Waals surface area contributed by atoms with Gasteiger partial charge in [-0.05, 0) is 6.42 Å². The summed E-state index contributed by atoms with van der Waals surface area (Å²) in [4.78, 5) is 10.8. The molecule has 0 aromatic heterocycles. The number of carboxylic acid groups (broad SMARTS) is 1. The number of carboxylic acids is 1. The highest BCUT2D eigenvalue weighted by molar-refractivity contribution is 5.73. The van der Waals surface area contributed by atoms with Gasteiger partial charge in [-0.25, -0.2) is 0 Å². The fourth-order valence-corrected chi connectivity index (χ4v) is 1.13. The normalized spacial score (nSPS) is 15.1. The first-order valence-corrected chi connectivity index (χ1v) is 4.62. The van der Waals surface area contributed by atoms with E-state index in [0.29, 0.717) is 6.61 Å². The van der Waals surface area contributed by atoms with Crippen LogP contribution in [0.5, 0.6) is 0 Å². The monoisotopic (exact) mass is 205 g/mol. The summed E-state index contributed by atoms with van der Waals surface area (Å²) in [5, 5.41) is 11.8. The highest BCUT2D eigenvalue weighted by Crippen LogP contribution is 1.95. The molecule has 0 saturated heterocycles. The van der Waals surface area contributed by atoms with Crippen LogP contribution in [0.15, 0.2) is 0 Å².